The van der Waals surface area contributed by atoms with Crippen LogP contribution in [-0.4, -0.2) is 32.0 Å². The molecule has 2 heteroatoms. The number of allylic oxidation sites excluding steroid dienone is 1. The van der Waals surface area contributed by atoms with Crippen LogP contribution in [0.2, 0.25) is 0 Å². The maximum atomic E-state index is 9.80. The highest BCUT2D eigenvalue weighted by Gasteiger charge is 1.88. The Kier molecular flexibility index (Phi) is 18.7. The van der Waals surface area contributed by atoms with Gasteiger partial charge in [-0.1, -0.05) is 45.4 Å². The number of rotatable bonds is 8. The summed E-state index contributed by atoms with van der Waals surface area (Å²) in [5.74, 6) is 1.80. The van der Waals surface area contributed by atoms with Gasteiger partial charge in [-0.15, -0.1) is 0 Å². The van der Waals surface area contributed by atoms with Crippen LogP contribution in [0, 0.1) is 0 Å². The predicted molar refractivity (Wildman–Crippen MR) is 72.5 cm³/mol. The van der Waals surface area contributed by atoms with Crippen molar-refractivity contribution in [1.82, 2.24) is 4.90 Å². The maximum absolute atomic E-state index is 9.80. The lowest BCUT2D eigenvalue weighted by Gasteiger charge is -1.97. The van der Waals surface area contributed by atoms with Gasteiger partial charge in [-0.25, -0.2) is 4.79 Å². The summed E-state index contributed by atoms with van der Waals surface area (Å²) in [6.07, 6.45) is 11.7. The molecule has 0 spiro atoms. The van der Waals surface area contributed by atoms with Gasteiger partial charge >= 0.3 is 0 Å². The van der Waals surface area contributed by atoms with Crippen LogP contribution in [0.25, 0.3) is 0 Å². The Morgan fingerprint density at radius 1 is 0.938 bits per heavy atom. The van der Waals surface area contributed by atoms with Crippen molar-refractivity contribution in [2.24, 2.45) is 0 Å². The molecule has 0 radical (unpaired) electrons. The van der Waals surface area contributed by atoms with Crippen LogP contribution in [0.4, 0.5) is 0 Å². The Bertz CT molecular complexity index is 157. The van der Waals surface area contributed by atoms with Crippen molar-refractivity contribution in [3.8, 4) is 0 Å². The average Bonchev–Trinajstić information content (AvgIpc) is 2.21. The number of carbonyl (C=O) groups excluding carboxylic acids is 1. The van der Waals surface area contributed by atoms with E-state index in [4.69, 9.17) is 0 Å². The molecule has 0 aliphatic carbocycles. The van der Waals surface area contributed by atoms with Gasteiger partial charge in [-0.05, 0) is 40.1 Å². The van der Waals surface area contributed by atoms with Crippen LogP contribution in [0.15, 0.2) is 6.08 Å². The van der Waals surface area contributed by atoms with E-state index in [2.05, 4.69) is 6.92 Å². The molecule has 0 aromatic heterocycles. The van der Waals surface area contributed by atoms with E-state index < -0.39 is 0 Å². The molecule has 2 nitrogen and oxygen atoms in total. The van der Waals surface area contributed by atoms with Crippen LogP contribution in [0.3, 0.4) is 0 Å². The maximum Gasteiger partial charge on any atom is 0.120 e. The lowest BCUT2D eigenvalue weighted by molar-refractivity contribution is 0.505. The first kappa shape index (κ1) is 17.8. The minimum absolute atomic E-state index is 0.914. The van der Waals surface area contributed by atoms with Crippen molar-refractivity contribution in [2.45, 2.75) is 58.3 Å². The van der Waals surface area contributed by atoms with Gasteiger partial charge in [-0.3, -0.25) is 0 Å². The zero-order valence-electron chi connectivity index (χ0n) is 11.6. The fraction of sp³-hybridized carbons (Fsp3) is 0.857. The van der Waals surface area contributed by atoms with Crippen molar-refractivity contribution < 1.29 is 4.79 Å². The van der Waals surface area contributed by atoms with Gasteiger partial charge in [0.2, 0.25) is 0 Å². The molecule has 16 heavy (non-hydrogen) atoms. The van der Waals surface area contributed by atoms with Gasteiger partial charge in [0, 0.05) is 0 Å². The zero-order valence-corrected chi connectivity index (χ0v) is 11.6. The molecule has 0 aliphatic rings. The molecule has 96 valence electrons. The first-order valence-electron chi connectivity index (χ1n) is 6.45. The standard InChI is InChI=1S/C11H20O.C3H9N/c1-2-3-4-5-6-7-8-9-10-11-12;1-4(2)3/h10H,2-9H2,1H3;1-3H3. The van der Waals surface area contributed by atoms with Crippen molar-refractivity contribution in [3.05, 3.63) is 6.08 Å². The van der Waals surface area contributed by atoms with E-state index in [0.29, 0.717) is 0 Å². The Balaban J connectivity index is 0. The minimum Gasteiger partial charge on any atom is -0.312 e. The predicted octanol–water partition coefficient (Wildman–Crippen LogP) is 3.69. The van der Waals surface area contributed by atoms with Crippen LogP contribution >= 0.6 is 0 Å². The highest BCUT2D eigenvalue weighted by atomic mass is 16.1. The van der Waals surface area contributed by atoms with Crippen LogP contribution in [-0.2, 0) is 4.79 Å². The number of hydrogen-bond donors (Lipinski definition) is 0. The first-order valence-corrected chi connectivity index (χ1v) is 6.45. The number of unbranched alkanes of at least 4 members (excludes halogenated alkanes) is 7. The average molecular weight is 227 g/mol. The molecule has 0 heterocycles. The number of hydrogen-bond acceptors (Lipinski definition) is 2. The SMILES string of the molecule is CCCCCCCCCC=C=O.CN(C)C. The third-order valence-electron chi connectivity index (χ3n) is 2.04. The van der Waals surface area contributed by atoms with Crippen molar-refractivity contribution in [3.63, 3.8) is 0 Å². The van der Waals surface area contributed by atoms with Crippen molar-refractivity contribution in [2.75, 3.05) is 21.1 Å². The summed E-state index contributed by atoms with van der Waals surface area (Å²) in [7, 11) is 6.00. The van der Waals surface area contributed by atoms with Gasteiger partial charge in [0.1, 0.15) is 5.94 Å². The van der Waals surface area contributed by atoms with Crippen LogP contribution in [0.5, 0.6) is 0 Å². The normalized spacial score (nSPS) is 9.31. The van der Waals surface area contributed by atoms with Crippen molar-refractivity contribution in [1.29, 1.82) is 0 Å². The molecule has 0 bridgehead atoms. The fourth-order valence-electron chi connectivity index (χ4n) is 1.26. The van der Waals surface area contributed by atoms with Gasteiger partial charge in [0.25, 0.3) is 0 Å². The third kappa shape index (κ3) is 29.2. The van der Waals surface area contributed by atoms with Crippen LogP contribution in [0.1, 0.15) is 58.3 Å². The summed E-state index contributed by atoms with van der Waals surface area (Å²) >= 11 is 0. The van der Waals surface area contributed by atoms with Gasteiger partial charge in [0.05, 0.1) is 0 Å². The second-order valence-electron chi connectivity index (χ2n) is 4.57. The lowest BCUT2D eigenvalue weighted by Crippen LogP contribution is -1.99. The van der Waals surface area contributed by atoms with E-state index in [0.717, 1.165) is 12.8 Å². The summed E-state index contributed by atoms with van der Waals surface area (Å²) < 4.78 is 0. The molecule has 0 aliphatic heterocycles. The summed E-state index contributed by atoms with van der Waals surface area (Å²) in [5, 5.41) is 0. The van der Waals surface area contributed by atoms with E-state index in [1.54, 1.807) is 12.0 Å². The monoisotopic (exact) mass is 227 g/mol. The molecular formula is C14H29NO. The van der Waals surface area contributed by atoms with Gasteiger partial charge in [-0.2, -0.15) is 0 Å². The smallest absolute Gasteiger partial charge is 0.120 e. The van der Waals surface area contributed by atoms with E-state index >= 15 is 0 Å². The highest BCUT2D eigenvalue weighted by molar-refractivity contribution is 5.44. The molecule has 0 atom stereocenters. The summed E-state index contributed by atoms with van der Waals surface area (Å²) in [4.78, 5) is 11.8. The Hall–Kier alpha value is -0.590. The summed E-state index contributed by atoms with van der Waals surface area (Å²) in [6, 6.07) is 0. The van der Waals surface area contributed by atoms with E-state index in [1.165, 1.54) is 38.5 Å². The molecule has 0 saturated carbocycles. The first-order chi connectivity index (χ1) is 7.65. The number of nitrogens with zero attached hydrogens (tertiary/aromatic N) is 1. The minimum atomic E-state index is 0.914. The molecule has 0 fully saturated rings. The van der Waals surface area contributed by atoms with Crippen molar-refractivity contribution >= 4 is 5.94 Å². The fourth-order valence-corrected chi connectivity index (χ4v) is 1.26. The third-order valence-corrected chi connectivity index (χ3v) is 2.04. The van der Waals surface area contributed by atoms with E-state index in [1.807, 2.05) is 26.0 Å². The van der Waals surface area contributed by atoms with Crippen LogP contribution < -0.4 is 0 Å². The second-order valence-corrected chi connectivity index (χ2v) is 4.57. The highest BCUT2D eigenvalue weighted by Crippen LogP contribution is 2.07. The molecule has 0 saturated heterocycles. The summed E-state index contributed by atoms with van der Waals surface area (Å²) in [5.41, 5.74) is 0. The summed E-state index contributed by atoms with van der Waals surface area (Å²) in [6.45, 7) is 2.23. The quantitative estimate of drug-likeness (QED) is 0.465. The van der Waals surface area contributed by atoms with Gasteiger partial charge in [0.15, 0.2) is 0 Å². The Morgan fingerprint density at radius 2 is 1.38 bits per heavy atom. The molecule has 0 rings (SSSR count). The second kappa shape index (κ2) is 16.8. The zero-order chi connectivity index (χ0) is 12.6. The molecule has 0 amide bonds. The largest absolute Gasteiger partial charge is 0.312 e. The molecule has 0 unspecified atom stereocenters. The molecule has 0 aromatic rings. The molecular weight excluding hydrogens is 198 g/mol. The Morgan fingerprint density at radius 3 is 1.81 bits per heavy atom. The van der Waals surface area contributed by atoms with E-state index in [-0.39, 0.29) is 0 Å². The van der Waals surface area contributed by atoms with Gasteiger partial charge < -0.3 is 4.90 Å². The molecule has 0 aromatic carbocycles. The Labute approximate surface area is 102 Å². The molecule has 0 N–H and O–H groups in total. The van der Waals surface area contributed by atoms with E-state index in [9.17, 15) is 4.79 Å². The lowest BCUT2D eigenvalue weighted by atomic mass is 10.1. The topological polar surface area (TPSA) is 20.3 Å².